The Hall–Kier alpha value is -3.24. The molecule has 0 aliphatic carbocycles. The molecule has 1 heterocycles. The normalized spacial score (nSPS) is 14.2. The molecule has 160 valence electrons. The number of hydrogen-bond acceptors (Lipinski definition) is 3. The molecular formula is C19H14F6N2O3. The van der Waals surface area contributed by atoms with E-state index < -0.39 is 35.0 Å². The van der Waals surface area contributed by atoms with E-state index in [1.165, 1.54) is 23.1 Å². The summed E-state index contributed by atoms with van der Waals surface area (Å²) in [6, 6.07) is 4.78. The fourth-order valence-corrected chi connectivity index (χ4v) is 2.92. The van der Waals surface area contributed by atoms with Crippen LogP contribution in [0.3, 0.4) is 0 Å². The molecule has 0 aromatic heterocycles. The number of anilines is 2. The minimum absolute atomic E-state index is 0.0557. The van der Waals surface area contributed by atoms with Crippen molar-refractivity contribution in [2.75, 3.05) is 23.4 Å². The van der Waals surface area contributed by atoms with Crippen molar-refractivity contribution >= 4 is 23.2 Å². The number of carbonyl (C=O) groups excluding carboxylic acids is 2. The number of hydrogen-bond donors (Lipinski definition) is 1. The Morgan fingerprint density at radius 2 is 1.63 bits per heavy atom. The van der Waals surface area contributed by atoms with Crippen LogP contribution in [0.25, 0.3) is 0 Å². The first-order chi connectivity index (χ1) is 13.9. The van der Waals surface area contributed by atoms with Crippen LogP contribution >= 0.6 is 0 Å². The van der Waals surface area contributed by atoms with Crippen LogP contribution in [0.2, 0.25) is 0 Å². The molecule has 1 aliphatic heterocycles. The molecule has 0 bridgehead atoms. The molecule has 0 fully saturated rings. The number of fused-ring (bicyclic) bond motifs is 1. The molecule has 5 nitrogen and oxygen atoms in total. The Morgan fingerprint density at radius 3 is 2.17 bits per heavy atom. The van der Waals surface area contributed by atoms with Gasteiger partial charge in [0.15, 0.2) is 6.61 Å². The second-order valence-electron chi connectivity index (χ2n) is 6.36. The average molecular weight is 432 g/mol. The number of carbonyl (C=O) groups is 2. The zero-order valence-corrected chi connectivity index (χ0v) is 15.3. The third-order valence-electron chi connectivity index (χ3n) is 4.33. The molecular weight excluding hydrogens is 418 g/mol. The number of benzene rings is 2. The van der Waals surface area contributed by atoms with Crippen LogP contribution in [-0.2, 0) is 17.1 Å². The maximum Gasteiger partial charge on any atom is 0.416 e. The Morgan fingerprint density at radius 1 is 1.03 bits per heavy atom. The SMILES string of the molecule is CCN1C(=O)COc2cc(NC(=O)c3cc(C(F)(F)F)cc(C(F)(F)F)c3)ccc21. The summed E-state index contributed by atoms with van der Waals surface area (Å²) >= 11 is 0. The second kappa shape index (κ2) is 7.54. The van der Waals surface area contributed by atoms with Gasteiger partial charge in [-0.1, -0.05) is 0 Å². The molecule has 2 aromatic carbocycles. The molecule has 0 saturated carbocycles. The standard InChI is InChI=1S/C19H14F6N2O3/c1-2-27-14-4-3-13(8-15(14)30-9-16(27)28)26-17(29)10-5-11(18(20,21)22)7-12(6-10)19(23,24)25/h3-8H,2,9H2,1H3,(H,26,29). The van der Waals surface area contributed by atoms with E-state index in [9.17, 15) is 35.9 Å². The summed E-state index contributed by atoms with van der Waals surface area (Å²) < 4.78 is 83.1. The topological polar surface area (TPSA) is 58.6 Å². The van der Waals surface area contributed by atoms with Crippen LogP contribution in [0.15, 0.2) is 36.4 Å². The van der Waals surface area contributed by atoms with Crippen LogP contribution in [-0.4, -0.2) is 25.0 Å². The minimum atomic E-state index is -5.06. The summed E-state index contributed by atoms with van der Waals surface area (Å²) in [7, 11) is 0. The number of amides is 2. The van der Waals surface area contributed by atoms with Crippen molar-refractivity contribution in [1.29, 1.82) is 0 Å². The van der Waals surface area contributed by atoms with Crippen LogP contribution < -0.4 is 15.0 Å². The molecule has 0 unspecified atom stereocenters. The Bertz CT molecular complexity index is 968. The highest BCUT2D eigenvalue weighted by atomic mass is 19.4. The molecule has 30 heavy (non-hydrogen) atoms. The van der Waals surface area contributed by atoms with E-state index in [1.807, 2.05) is 0 Å². The van der Waals surface area contributed by atoms with Gasteiger partial charge in [0.05, 0.1) is 16.8 Å². The lowest BCUT2D eigenvalue weighted by molar-refractivity contribution is -0.143. The third-order valence-corrected chi connectivity index (χ3v) is 4.33. The lowest BCUT2D eigenvalue weighted by atomic mass is 10.0. The first-order valence-electron chi connectivity index (χ1n) is 8.58. The summed E-state index contributed by atoms with van der Waals surface area (Å²) in [5, 5.41) is 2.25. The van der Waals surface area contributed by atoms with Crippen LogP contribution in [0, 0.1) is 0 Å². The van der Waals surface area contributed by atoms with Crippen molar-refractivity contribution in [3.8, 4) is 5.75 Å². The number of halogens is 6. The van der Waals surface area contributed by atoms with Crippen molar-refractivity contribution < 1.29 is 40.7 Å². The molecule has 0 radical (unpaired) electrons. The molecule has 1 aliphatic rings. The van der Waals surface area contributed by atoms with Crippen molar-refractivity contribution in [2.45, 2.75) is 19.3 Å². The lowest BCUT2D eigenvalue weighted by Gasteiger charge is -2.28. The monoisotopic (exact) mass is 432 g/mol. The summed E-state index contributed by atoms with van der Waals surface area (Å²) in [6.45, 7) is 1.88. The number of likely N-dealkylation sites (N-methyl/N-ethyl adjacent to an activating group) is 1. The van der Waals surface area contributed by atoms with Crippen LogP contribution in [0.5, 0.6) is 5.75 Å². The van der Waals surface area contributed by atoms with E-state index in [-0.39, 0.29) is 30.0 Å². The maximum absolute atomic E-state index is 13.0. The Labute approximate surface area is 166 Å². The highest BCUT2D eigenvalue weighted by Gasteiger charge is 2.37. The van der Waals surface area contributed by atoms with Gasteiger partial charge in [-0.2, -0.15) is 26.3 Å². The summed E-state index contributed by atoms with van der Waals surface area (Å²) in [4.78, 5) is 25.6. The number of rotatable bonds is 3. The number of alkyl halides is 6. The molecule has 0 saturated heterocycles. The van der Waals surface area contributed by atoms with Crippen molar-refractivity contribution in [1.82, 2.24) is 0 Å². The number of nitrogens with zero attached hydrogens (tertiary/aromatic N) is 1. The van der Waals surface area contributed by atoms with E-state index >= 15 is 0 Å². The predicted molar refractivity (Wildman–Crippen MR) is 94.4 cm³/mol. The maximum atomic E-state index is 13.0. The molecule has 3 rings (SSSR count). The zero-order chi connectivity index (χ0) is 22.3. The number of ether oxygens (including phenoxy) is 1. The van der Waals surface area contributed by atoms with Gasteiger partial charge in [-0.25, -0.2) is 0 Å². The van der Waals surface area contributed by atoms with Gasteiger partial charge in [0.1, 0.15) is 5.75 Å². The molecule has 0 spiro atoms. The van der Waals surface area contributed by atoms with Gasteiger partial charge in [0.25, 0.3) is 11.8 Å². The highest BCUT2D eigenvalue weighted by Crippen LogP contribution is 2.37. The molecule has 11 heteroatoms. The summed E-state index contributed by atoms with van der Waals surface area (Å²) in [5.41, 5.74) is -3.47. The van der Waals surface area contributed by atoms with Crippen LogP contribution in [0.4, 0.5) is 37.7 Å². The second-order valence-corrected chi connectivity index (χ2v) is 6.36. The van der Waals surface area contributed by atoms with Gasteiger partial charge >= 0.3 is 12.4 Å². The third kappa shape index (κ3) is 4.34. The zero-order valence-electron chi connectivity index (χ0n) is 15.3. The van der Waals surface area contributed by atoms with Gasteiger partial charge < -0.3 is 15.0 Å². The molecule has 2 amide bonds. The smallest absolute Gasteiger partial charge is 0.416 e. The van der Waals surface area contributed by atoms with E-state index in [1.54, 1.807) is 6.92 Å². The first-order valence-corrected chi connectivity index (χ1v) is 8.58. The molecule has 1 N–H and O–H groups in total. The van der Waals surface area contributed by atoms with Crippen molar-refractivity contribution in [3.05, 3.63) is 53.1 Å². The predicted octanol–water partition coefficient (Wildman–Crippen LogP) is 4.72. The van der Waals surface area contributed by atoms with E-state index in [4.69, 9.17) is 4.74 Å². The fourth-order valence-electron chi connectivity index (χ4n) is 2.92. The quantitative estimate of drug-likeness (QED) is 0.714. The lowest BCUT2D eigenvalue weighted by Crippen LogP contribution is -2.38. The summed E-state index contributed by atoms with van der Waals surface area (Å²) in [5.74, 6) is -1.19. The highest BCUT2D eigenvalue weighted by molar-refractivity contribution is 6.05. The van der Waals surface area contributed by atoms with Crippen molar-refractivity contribution in [3.63, 3.8) is 0 Å². The minimum Gasteiger partial charge on any atom is -0.481 e. The van der Waals surface area contributed by atoms with Crippen LogP contribution in [0.1, 0.15) is 28.4 Å². The first kappa shape index (κ1) is 21.5. The fraction of sp³-hybridized carbons (Fsp3) is 0.263. The molecule has 2 aromatic rings. The van der Waals surface area contributed by atoms with Gasteiger partial charge in [-0.3, -0.25) is 9.59 Å². The average Bonchev–Trinajstić information content (AvgIpc) is 2.66. The van der Waals surface area contributed by atoms with Gasteiger partial charge in [-0.05, 0) is 37.3 Å². The van der Waals surface area contributed by atoms with E-state index in [0.717, 1.165) is 0 Å². The Kier molecular flexibility index (Phi) is 5.40. The van der Waals surface area contributed by atoms with E-state index in [2.05, 4.69) is 5.32 Å². The Balaban J connectivity index is 1.92. The van der Waals surface area contributed by atoms with Gasteiger partial charge in [0.2, 0.25) is 0 Å². The van der Waals surface area contributed by atoms with Gasteiger partial charge in [0, 0.05) is 23.9 Å². The number of nitrogens with one attached hydrogen (secondary N) is 1. The van der Waals surface area contributed by atoms with E-state index in [0.29, 0.717) is 24.4 Å². The van der Waals surface area contributed by atoms with Crippen molar-refractivity contribution in [2.24, 2.45) is 0 Å². The summed E-state index contributed by atoms with van der Waals surface area (Å²) in [6.07, 6.45) is -10.1. The van der Waals surface area contributed by atoms with Gasteiger partial charge in [-0.15, -0.1) is 0 Å². The largest absolute Gasteiger partial charge is 0.481 e. The molecule has 0 atom stereocenters.